The van der Waals surface area contributed by atoms with Crippen LogP contribution in [0, 0.1) is 0 Å². The zero-order valence-corrected chi connectivity index (χ0v) is 31.1. The molecule has 0 saturated carbocycles. The molecule has 5 heterocycles. The maximum atomic E-state index is 6.35. The molecule has 0 aliphatic carbocycles. The minimum absolute atomic E-state index is 0.436. The molecule has 59 heavy (non-hydrogen) atoms. The number of nitrogens with zero attached hydrogens (tertiary/aromatic N) is 4. The fourth-order valence-corrected chi connectivity index (χ4v) is 8.54. The summed E-state index contributed by atoms with van der Waals surface area (Å²) in [5.41, 5.74) is 9.76. The van der Waals surface area contributed by atoms with Crippen LogP contribution in [0.15, 0.2) is 188 Å². The number of para-hydroxylation sites is 4. The lowest BCUT2D eigenvalue weighted by molar-refractivity contribution is 0.668. The average molecular weight is 761 g/mol. The second kappa shape index (κ2) is 12.1. The van der Waals surface area contributed by atoms with Crippen LogP contribution in [0.25, 0.3) is 111 Å². The van der Waals surface area contributed by atoms with Crippen LogP contribution in [0.2, 0.25) is 0 Å². The summed E-state index contributed by atoms with van der Waals surface area (Å²) in [6.07, 6.45) is 0. The Hall–Kier alpha value is -8.23. The number of fused-ring (bicyclic) bond motifs is 12. The normalized spacial score (nSPS) is 12.1. The van der Waals surface area contributed by atoms with Crippen molar-refractivity contribution in [2.75, 3.05) is 4.90 Å². The highest BCUT2D eigenvalue weighted by Gasteiger charge is 2.23. The van der Waals surface area contributed by atoms with E-state index in [1.165, 1.54) is 0 Å². The average Bonchev–Trinajstić information content (AvgIpc) is 4.06. The molecule has 0 amide bonds. The van der Waals surface area contributed by atoms with Crippen LogP contribution in [0.3, 0.4) is 0 Å². The van der Waals surface area contributed by atoms with Gasteiger partial charge in [-0.15, -0.1) is 0 Å². The van der Waals surface area contributed by atoms with Gasteiger partial charge in [0.2, 0.25) is 5.95 Å². The third-order valence-electron chi connectivity index (χ3n) is 11.3. The first-order valence-corrected chi connectivity index (χ1v) is 19.4. The number of anilines is 3. The third kappa shape index (κ3) is 4.93. The molecule has 13 aromatic rings. The Labute approximate surface area is 334 Å². The molecule has 0 atom stereocenters. The topological polar surface area (TPSA) is 94.5 Å². The van der Waals surface area contributed by atoms with Crippen LogP contribution in [0.1, 0.15) is 0 Å². The summed E-state index contributed by atoms with van der Waals surface area (Å²) < 4.78 is 25.1. The van der Waals surface area contributed by atoms with Gasteiger partial charge in [0.1, 0.15) is 44.7 Å². The molecule has 8 nitrogen and oxygen atoms in total. The van der Waals surface area contributed by atoms with E-state index in [1.807, 2.05) is 103 Å². The molecular weight excluding hydrogens is 733 g/mol. The molecule has 0 aliphatic heterocycles. The summed E-state index contributed by atoms with van der Waals surface area (Å²) >= 11 is 0. The van der Waals surface area contributed by atoms with Gasteiger partial charge in [0.05, 0.1) is 0 Å². The number of hydrogen-bond acceptors (Lipinski definition) is 8. The van der Waals surface area contributed by atoms with Gasteiger partial charge < -0.3 is 17.7 Å². The molecule has 0 spiro atoms. The van der Waals surface area contributed by atoms with E-state index >= 15 is 0 Å². The monoisotopic (exact) mass is 760 g/mol. The van der Waals surface area contributed by atoms with Crippen molar-refractivity contribution in [1.82, 2.24) is 15.0 Å². The van der Waals surface area contributed by atoms with Gasteiger partial charge in [0.15, 0.2) is 11.6 Å². The lowest BCUT2D eigenvalue weighted by Gasteiger charge is -2.24. The predicted octanol–water partition coefficient (Wildman–Crippen LogP) is 14.3. The van der Waals surface area contributed by atoms with Gasteiger partial charge in [-0.25, -0.2) is 4.98 Å². The molecule has 8 heteroatoms. The summed E-state index contributed by atoms with van der Waals surface area (Å²) in [5, 5.41) is 8.12. The Morgan fingerprint density at radius 1 is 0.288 bits per heavy atom. The molecule has 8 aromatic carbocycles. The summed E-state index contributed by atoms with van der Waals surface area (Å²) in [6.45, 7) is 0. The maximum Gasteiger partial charge on any atom is 0.238 e. The van der Waals surface area contributed by atoms with Gasteiger partial charge in [-0.05, 0) is 91.0 Å². The van der Waals surface area contributed by atoms with Gasteiger partial charge in [-0.3, -0.25) is 4.90 Å². The highest BCUT2D eigenvalue weighted by Crippen LogP contribution is 2.42. The van der Waals surface area contributed by atoms with Crippen molar-refractivity contribution in [3.63, 3.8) is 0 Å². The second-order valence-electron chi connectivity index (χ2n) is 14.8. The van der Waals surface area contributed by atoms with Crippen LogP contribution < -0.4 is 4.90 Å². The lowest BCUT2D eigenvalue weighted by Crippen LogP contribution is -2.15. The van der Waals surface area contributed by atoms with E-state index in [0.29, 0.717) is 17.6 Å². The third-order valence-corrected chi connectivity index (χ3v) is 11.3. The maximum absolute atomic E-state index is 6.35. The molecule has 276 valence electrons. The summed E-state index contributed by atoms with van der Waals surface area (Å²) in [6, 6.07) is 57.0. The van der Waals surface area contributed by atoms with Crippen molar-refractivity contribution in [1.29, 1.82) is 0 Å². The molecule has 5 aromatic heterocycles. The molecule has 0 saturated heterocycles. The summed E-state index contributed by atoms with van der Waals surface area (Å²) in [4.78, 5) is 17.9. The highest BCUT2D eigenvalue weighted by atomic mass is 16.3. The van der Waals surface area contributed by atoms with E-state index in [-0.39, 0.29) is 0 Å². The van der Waals surface area contributed by atoms with E-state index in [9.17, 15) is 0 Å². The van der Waals surface area contributed by atoms with Crippen molar-refractivity contribution in [2.24, 2.45) is 0 Å². The number of furan rings is 4. The van der Waals surface area contributed by atoms with Crippen molar-refractivity contribution in [2.45, 2.75) is 0 Å². The lowest BCUT2D eigenvalue weighted by atomic mass is 10.1. The fourth-order valence-electron chi connectivity index (χ4n) is 8.54. The minimum atomic E-state index is 0.436. The Kier molecular flexibility index (Phi) is 6.56. The number of benzene rings is 8. The van der Waals surface area contributed by atoms with Crippen molar-refractivity contribution in [3.8, 4) is 22.8 Å². The van der Waals surface area contributed by atoms with Crippen LogP contribution in [-0.4, -0.2) is 15.0 Å². The quantitative estimate of drug-likeness (QED) is 0.171. The van der Waals surface area contributed by atoms with Crippen molar-refractivity contribution < 1.29 is 17.7 Å². The SMILES string of the molecule is c1ccc2c(c1)oc1cc(-c3nc(-c4ccc5oc6ccccc6c5c4)nc(N(c4ccc5oc6ccccc6c5c4)c4ccc5oc6ccccc6c5c4)n3)ccc12. The van der Waals surface area contributed by atoms with Gasteiger partial charge in [-0.1, -0.05) is 78.9 Å². The van der Waals surface area contributed by atoms with Crippen molar-refractivity contribution >= 4 is 105 Å². The first-order valence-electron chi connectivity index (χ1n) is 19.4. The zero-order chi connectivity index (χ0) is 38.6. The van der Waals surface area contributed by atoms with Gasteiger partial charge >= 0.3 is 0 Å². The van der Waals surface area contributed by atoms with Crippen LogP contribution in [0.4, 0.5) is 17.3 Å². The summed E-state index contributed by atoms with van der Waals surface area (Å²) in [5.74, 6) is 1.45. The predicted molar refractivity (Wildman–Crippen MR) is 234 cm³/mol. The summed E-state index contributed by atoms with van der Waals surface area (Å²) in [7, 11) is 0. The van der Waals surface area contributed by atoms with E-state index in [2.05, 4.69) is 71.6 Å². The smallest absolute Gasteiger partial charge is 0.238 e. The van der Waals surface area contributed by atoms with Crippen LogP contribution in [0.5, 0.6) is 0 Å². The Balaban J connectivity index is 1.08. The molecule has 0 unspecified atom stereocenters. The molecule has 0 aliphatic rings. The van der Waals surface area contributed by atoms with Crippen LogP contribution in [-0.2, 0) is 0 Å². The zero-order valence-electron chi connectivity index (χ0n) is 31.1. The van der Waals surface area contributed by atoms with Crippen molar-refractivity contribution in [3.05, 3.63) is 170 Å². The highest BCUT2D eigenvalue weighted by molar-refractivity contribution is 6.09. The molecule has 0 radical (unpaired) electrons. The largest absolute Gasteiger partial charge is 0.456 e. The molecular formula is C51H28N4O4. The molecule has 0 N–H and O–H groups in total. The van der Waals surface area contributed by atoms with Gasteiger partial charge in [0.25, 0.3) is 0 Å². The molecule has 13 rings (SSSR count). The fraction of sp³-hybridized carbons (Fsp3) is 0. The van der Waals surface area contributed by atoms with E-state index in [0.717, 1.165) is 110 Å². The minimum Gasteiger partial charge on any atom is -0.456 e. The molecule has 0 fully saturated rings. The first kappa shape index (κ1) is 31.9. The Morgan fingerprint density at radius 3 is 1.19 bits per heavy atom. The number of aromatic nitrogens is 3. The van der Waals surface area contributed by atoms with Crippen LogP contribution >= 0.6 is 0 Å². The standard InChI is InChI=1S/C51H28N4O4/c1-5-13-41-33(9-1)37-21-17-30(26-48(37)59-41)50-52-49(29-18-22-45-38(25-29)34-10-2-6-14-42(34)56-45)53-51(54-50)55(31-19-23-46-39(27-31)35-11-3-7-15-43(35)57-46)32-20-24-47-40(28-32)36-12-4-8-16-44(36)58-47/h1-28H. The van der Waals surface area contributed by atoms with E-state index < -0.39 is 0 Å². The van der Waals surface area contributed by atoms with Gasteiger partial charge in [0, 0.05) is 65.6 Å². The van der Waals surface area contributed by atoms with E-state index in [4.69, 9.17) is 32.6 Å². The Morgan fingerprint density at radius 2 is 0.661 bits per heavy atom. The van der Waals surface area contributed by atoms with Gasteiger partial charge in [-0.2, -0.15) is 9.97 Å². The second-order valence-corrected chi connectivity index (χ2v) is 14.8. The first-order chi connectivity index (χ1) is 29.2. The Bertz CT molecular complexity index is 3720. The van der Waals surface area contributed by atoms with E-state index in [1.54, 1.807) is 0 Å². The number of hydrogen-bond donors (Lipinski definition) is 0. The molecule has 0 bridgehead atoms. The number of rotatable bonds is 5.